The number of hydrogen-bond acceptors (Lipinski definition) is 4. The summed E-state index contributed by atoms with van der Waals surface area (Å²) in [4.78, 5) is 17.4. The number of benzene rings is 2. The molecule has 2 aromatic carbocycles. The van der Waals surface area contributed by atoms with Gasteiger partial charge in [-0.15, -0.1) is 0 Å². The molecule has 1 aliphatic heterocycles. The lowest BCUT2D eigenvalue weighted by Gasteiger charge is -2.24. The van der Waals surface area contributed by atoms with Crippen LogP contribution in [0.3, 0.4) is 0 Å². The van der Waals surface area contributed by atoms with E-state index in [1.54, 1.807) is 6.20 Å². The van der Waals surface area contributed by atoms with E-state index in [0.717, 1.165) is 34.4 Å². The molecule has 0 unspecified atom stereocenters. The third kappa shape index (κ3) is 3.65. The van der Waals surface area contributed by atoms with E-state index in [-0.39, 0.29) is 17.9 Å². The molecule has 0 radical (unpaired) electrons. The molecule has 1 aromatic heterocycles. The van der Waals surface area contributed by atoms with Crippen LogP contribution in [0.1, 0.15) is 42.2 Å². The SMILES string of the molecule is CC(C)[C@@H](NC(=O)c1cccc2ncccc12)c1ccc2c(c1)OCCCO2. The summed E-state index contributed by atoms with van der Waals surface area (Å²) < 4.78 is 11.5. The fourth-order valence-electron chi connectivity index (χ4n) is 3.53. The standard InChI is InChI=1S/C23H24N2O3/c1-15(2)22(16-9-10-20-21(14-16)28-13-5-12-27-20)25-23(26)18-6-3-8-19-17(18)7-4-11-24-19/h3-4,6-11,14-15,22H,5,12-13H2,1-2H3,(H,25,26)/t22-/m1/s1. The van der Waals surface area contributed by atoms with Crippen LogP contribution in [0.5, 0.6) is 11.5 Å². The topological polar surface area (TPSA) is 60.5 Å². The number of nitrogens with zero attached hydrogens (tertiary/aromatic N) is 1. The summed E-state index contributed by atoms with van der Waals surface area (Å²) in [5.41, 5.74) is 2.45. The number of carbonyl (C=O) groups excluding carboxylic acids is 1. The van der Waals surface area contributed by atoms with Gasteiger partial charge in [-0.3, -0.25) is 9.78 Å². The van der Waals surface area contributed by atoms with E-state index in [4.69, 9.17) is 9.47 Å². The van der Waals surface area contributed by atoms with Crippen molar-refractivity contribution in [3.8, 4) is 11.5 Å². The molecule has 2 heterocycles. The lowest BCUT2D eigenvalue weighted by Crippen LogP contribution is -2.32. The Morgan fingerprint density at radius 2 is 1.86 bits per heavy atom. The van der Waals surface area contributed by atoms with Gasteiger partial charge in [-0.2, -0.15) is 0 Å². The Bertz CT molecular complexity index is 995. The highest BCUT2D eigenvalue weighted by molar-refractivity contribution is 6.06. The van der Waals surface area contributed by atoms with Crippen LogP contribution in [0.15, 0.2) is 54.7 Å². The van der Waals surface area contributed by atoms with Gasteiger partial charge in [0.2, 0.25) is 0 Å². The zero-order chi connectivity index (χ0) is 19.5. The highest BCUT2D eigenvalue weighted by atomic mass is 16.5. The van der Waals surface area contributed by atoms with Gasteiger partial charge in [0.15, 0.2) is 11.5 Å². The number of hydrogen-bond donors (Lipinski definition) is 1. The second kappa shape index (κ2) is 7.89. The largest absolute Gasteiger partial charge is 0.490 e. The van der Waals surface area contributed by atoms with Crippen molar-refractivity contribution >= 4 is 16.8 Å². The van der Waals surface area contributed by atoms with Gasteiger partial charge in [-0.1, -0.05) is 32.0 Å². The number of ether oxygens (including phenoxy) is 2. The fourth-order valence-corrected chi connectivity index (χ4v) is 3.53. The van der Waals surface area contributed by atoms with Crippen LogP contribution in [-0.4, -0.2) is 24.1 Å². The molecule has 1 aliphatic rings. The van der Waals surface area contributed by atoms with Crippen molar-refractivity contribution < 1.29 is 14.3 Å². The van der Waals surface area contributed by atoms with Crippen LogP contribution in [0.25, 0.3) is 10.9 Å². The Kier molecular flexibility index (Phi) is 5.15. The molecule has 1 N–H and O–H groups in total. The molecular formula is C23H24N2O3. The molecule has 1 amide bonds. The Morgan fingerprint density at radius 3 is 2.68 bits per heavy atom. The number of aromatic nitrogens is 1. The van der Waals surface area contributed by atoms with Crippen molar-refractivity contribution in [2.24, 2.45) is 5.92 Å². The maximum Gasteiger partial charge on any atom is 0.252 e. The van der Waals surface area contributed by atoms with Gasteiger partial charge >= 0.3 is 0 Å². The molecule has 1 atom stereocenters. The van der Waals surface area contributed by atoms with Crippen LogP contribution in [0.2, 0.25) is 0 Å². The predicted octanol–water partition coefficient (Wildman–Crippen LogP) is 4.52. The van der Waals surface area contributed by atoms with Gasteiger partial charge < -0.3 is 14.8 Å². The normalized spacial score (nSPS) is 14.5. The average Bonchev–Trinajstić information content (AvgIpc) is 2.96. The minimum atomic E-state index is -0.142. The van der Waals surface area contributed by atoms with E-state index in [2.05, 4.69) is 24.1 Å². The van der Waals surface area contributed by atoms with E-state index in [9.17, 15) is 4.79 Å². The monoisotopic (exact) mass is 376 g/mol. The molecule has 0 bridgehead atoms. The van der Waals surface area contributed by atoms with Crippen LogP contribution < -0.4 is 14.8 Å². The quantitative estimate of drug-likeness (QED) is 0.727. The Morgan fingerprint density at radius 1 is 1.04 bits per heavy atom. The summed E-state index contributed by atoms with van der Waals surface area (Å²) in [6, 6.07) is 15.2. The molecule has 28 heavy (non-hydrogen) atoms. The summed E-state index contributed by atoms with van der Waals surface area (Å²) in [5, 5.41) is 4.05. The third-order valence-electron chi connectivity index (χ3n) is 4.97. The molecule has 3 aromatic rings. The molecule has 0 spiro atoms. The van der Waals surface area contributed by atoms with E-state index >= 15 is 0 Å². The molecule has 0 saturated heterocycles. The van der Waals surface area contributed by atoms with Crippen LogP contribution in [-0.2, 0) is 0 Å². The minimum Gasteiger partial charge on any atom is -0.490 e. The van der Waals surface area contributed by atoms with Crippen molar-refractivity contribution in [2.75, 3.05) is 13.2 Å². The summed E-state index contributed by atoms with van der Waals surface area (Å²) in [5.74, 6) is 1.60. The second-order valence-corrected chi connectivity index (χ2v) is 7.33. The van der Waals surface area contributed by atoms with Gasteiger partial charge in [-0.25, -0.2) is 0 Å². The van der Waals surface area contributed by atoms with Gasteiger partial charge in [-0.05, 0) is 41.8 Å². The summed E-state index contributed by atoms with van der Waals surface area (Å²) in [6.45, 7) is 5.49. The zero-order valence-corrected chi connectivity index (χ0v) is 16.1. The number of fused-ring (bicyclic) bond motifs is 2. The first-order valence-electron chi connectivity index (χ1n) is 9.67. The Balaban J connectivity index is 1.64. The van der Waals surface area contributed by atoms with E-state index in [1.165, 1.54) is 0 Å². The van der Waals surface area contributed by atoms with Crippen LogP contribution in [0, 0.1) is 5.92 Å². The van der Waals surface area contributed by atoms with Crippen molar-refractivity contribution in [3.63, 3.8) is 0 Å². The fraction of sp³-hybridized carbons (Fsp3) is 0.304. The van der Waals surface area contributed by atoms with E-state index in [0.29, 0.717) is 18.8 Å². The zero-order valence-electron chi connectivity index (χ0n) is 16.1. The molecule has 4 rings (SSSR count). The first-order valence-corrected chi connectivity index (χ1v) is 9.67. The number of carbonyl (C=O) groups is 1. The molecule has 0 saturated carbocycles. The van der Waals surface area contributed by atoms with Crippen molar-refractivity contribution in [2.45, 2.75) is 26.3 Å². The Hall–Kier alpha value is -3.08. The number of rotatable bonds is 4. The van der Waals surface area contributed by atoms with Gasteiger partial charge in [0, 0.05) is 23.6 Å². The third-order valence-corrected chi connectivity index (χ3v) is 4.97. The maximum atomic E-state index is 13.1. The summed E-state index contributed by atoms with van der Waals surface area (Å²) in [7, 11) is 0. The lowest BCUT2D eigenvalue weighted by molar-refractivity contribution is 0.0927. The summed E-state index contributed by atoms with van der Waals surface area (Å²) >= 11 is 0. The molecule has 0 fully saturated rings. The maximum absolute atomic E-state index is 13.1. The highest BCUT2D eigenvalue weighted by Gasteiger charge is 2.22. The van der Waals surface area contributed by atoms with Crippen molar-refractivity contribution in [1.29, 1.82) is 0 Å². The van der Waals surface area contributed by atoms with E-state index < -0.39 is 0 Å². The van der Waals surface area contributed by atoms with E-state index in [1.807, 2.05) is 48.5 Å². The average molecular weight is 376 g/mol. The van der Waals surface area contributed by atoms with Crippen LogP contribution in [0.4, 0.5) is 0 Å². The van der Waals surface area contributed by atoms with Gasteiger partial charge in [0.1, 0.15) is 0 Å². The molecule has 5 heteroatoms. The second-order valence-electron chi connectivity index (χ2n) is 7.33. The predicted molar refractivity (Wildman–Crippen MR) is 109 cm³/mol. The molecular weight excluding hydrogens is 352 g/mol. The number of pyridine rings is 1. The van der Waals surface area contributed by atoms with Crippen LogP contribution >= 0.6 is 0 Å². The number of amides is 1. The highest BCUT2D eigenvalue weighted by Crippen LogP contribution is 2.34. The minimum absolute atomic E-state index is 0.107. The Labute approximate surface area is 164 Å². The smallest absolute Gasteiger partial charge is 0.252 e. The van der Waals surface area contributed by atoms with Crippen molar-refractivity contribution in [3.05, 3.63) is 65.9 Å². The molecule has 144 valence electrons. The van der Waals surface area contributed by atoms with Gasteiger partial charge in [0.25, 0.3) is 5.91 Å². The number of nitrogens with one attached hydrogen (secondary N) is 1. The molecule has 0 aliphatic carbocycles. The van der Waals surface area contributed by atoms with Crippen molar-refractivity contribution in [1.82, 2.24) is 10.3 Å². The lowest BCUT2D eigenvalue weighted by atomic mass is 9.95. The first kappa shape index (κ1) is 18.3. The van der Waals surface area contributed by atoms with Gasteiger partial charge in [0.05, 0.1) is 24.8 Å². The summed E-state index contributed by atoms with van der Waals surface area (Å²) in [6.07, 6.45) is 2.60. The first-order chi connectivity index (χ1) is 13.6. The molecule has 5 nitrogen and oxygen atoms in total.